The van der Waals surface area contributed by atoms with Crippen LogP contribution < -0.4 is 10.2 Å². The Bertz CT molecular complexity index is 192. The smallest absolute Gasteiger partial charge is 0.549 e. The third-order valence-electron chi connectivity index (χ3n) is 1.06. The van der Waals surface area contributed by atoms with Crippen molar-refractivity contribution < 1.29 is 29.7 Å². The first-order valence-corrected chi connectivity index (χ1v) is 3.25. The summed E-state index contributed by atoms with van der Waals surface area (Å²) in [4.78, 5) is 30.8. The van der Waals surface area contributed by atoms with Crippen molar-refractivity contribution in [1.29, 1.82) is 0 Å². The summed E-state index contributed by atoms with van der Waals surface area (Å²) in [6.07, 6.45) is 0. The second-order valence-electron chi connectivity index (χ2n) is 2.28. The van der Waals surface area contributed by atoms with Crippen LogP contribution in [0.1, 0.15) is 0 Å². The normalized spacial score (nSPS) is 9.21. The van der Waals surface area contributed by atoms with Gasteiger partial charge in [0, 0.05) is 13.1 Å². The summed E-state index contributed by atoms with van der Waals surface area (Å²) in [5.74, 6) is -4.40. The minimum Gasteiger partial charge on any atom is -0.549 e. The van der Waals surface area contributed by atoms with Crippen LogP contribution in [0.3, 0.4) is 0 Å². The molecule has 0 saturated carbocycles. The van der Waals surface area contributed by atoms with Gasteiger partial charge in [-0.3, -0.25) is 9.69 Å². The van der Waals surface area contributed by atoms with E-state index in [0.717, 1.165) is 0 Å². The molecule has 0 aromatic rings. The van der Waals surface area contributed by atoms with E-state index < -0.39 is 37.5 Å². The van der Waals surface area contributed by atoms with Gasteiger partial charge in [0.2, 0.25) is 0 Å². The predicted molar refractivity (Wildman–Crippen MR) is 39.8 cm³/mol. The van der Waals surface area contributed by atoms with Crippen LogP contribution in [-0.4, -0.2) is 71.5 Å². The Kier molecular flexibility index (Phi) is 8.44. The molecule has 2 radical (unpaired) electrons. The van der Waals surface area contributed by atoms with Gasteiger partial charge in [-0.1, -0.05) is 0 Å². The Hall–Kier alpha value is -0.831. The SMILES string of the molecule is O=C([O-])CN(CC(=O)[O-])CC(=O)O.[Sn+2]. The van der Waals surface area contributed by atoms with Gasteiger partial charge in [-0.05, 0) is 0 Å². The van der Waals surface area contributed by atoms with Gasteiger partial charge in [0.05, 0.1) is 18.5 Å². The Morgan fingerprint density at radius 1 is 1.00 bits per heavy atom. The van der Waals surface area contributed by atoms with Crippen LogP contribution >= 0.6 is 0 Å². The van der Waals surface area contributed by atoms with Gasteiger partial charge in [-0.25, -0.2) is 0 Å². The van der Waals surface area contributed by atoms with Gasteiger partial charge in [-0.15, -0.1) is 0 Å². The predicted octanol–water partition coefficient (Wildman–Crippen LogP) is -4.51. The molecule has 0 saturated heterocycles. The number of carbonyl (C=O) groups excluding carboxylic acids is 2. The van der Waals surface area contributed by atoms with E-state index in [1.54, 1.807) is 0 Å². The Morgan fingerprint density at radius 3 is 1.57 bits per heavy atom. The van der Waals surface area contributed by atoms with Gasteiger partial charge < -0.3 is 24.9 Å². The van der Waals surface area contributed by atoms with Gasteiger partial charge in [-0.2, -0.15) is 0 Å². The quantitative estimate of drug-likeness (QED) is 0.491. The summed E-state index contributed by atoms with van der Waals surface area (Å²) in [6.45, 7) is -2.18. The van der Waals surface area contributed by atoms with Gasteiger partial charge in [0.15, 0.2) is 0 Å². The van der Waals surface area contributed by atoms with Crippen LogP contribution in [0.25, 0.3) is 0 Å². The average molecular weight is 308 g/mol. The van der Waals surface area contributed by atoms with Gasteiger partial charge in [0.1, 0.15) is 0 Å². The van der Waals surface area contributed by atoms with Crippen molar-refractivity contribution in [2.45, 2.75) is 0 Å². The molecule has 0 bridgehead atoms. The Morgan fingerprint density at radius 2 is 1.36 bits per heavy atom. The Labute approximate surface area is 96.3 Å². The maximum Gasteiger partial charge on any atom is 2.00 e. The summed E-state index contributed by atoms with van der Waals surface area (Å²) in [5, 5.41) is 28.3. The zero-order chi connectivity index (χ0) is 10.4. The van der Waals surface area contributed by atoms with Crippen LogP contribution in [0.15, 0.2) is 0 Å². The largest absolute Gasteiger partial charge is 2.00 e. The van der Waals surface area contributed by atoms with Crippen LogP contribution in [-0.2, 0) is 14.4 Å². The molecule has 8 heteroatoms. The first kappa shape index (κ1) is 15.6. The monoisotopic (exact) mass is 309 g/mol. The minimum absolute atomic E-state index is 0. The van der Waals surface area contributed by atoms with Crippen molar-refractivity contribution in [3.8, 4) is 0 Å². The maximum absolute atomic E-state index is 10.1. The second-order valence-corrected chi connectivity index (χ2v) is 2.28. The van der Waals surface area contributed by atoms with Crippen LogP contribution in [0.4, 0.5) is 0 Å². The fourth-order valence-corrected chi connectivity index (χ4v) is 0.724. The summed E-state index contributed by atoms with van der Waals surface area (Å²) >= 11 is 0. The molecule has 0 rings (SSSR count). The van der Waals surface area contributed by atoms with Crippen molar-refractivity contribution >= 4 is 41.8 Å². The molecule has 7 nitrogen and oxygen atoms in total. The van der Waals surface area contributed by atoms with E-state index in [0.29, 0.717) is 4.90 Å². The minimum atomic E-state index is -1.54. The van der Waals surface area contributed by atoms with E-state index in [-0.39, 0.29) is 23.9 Å². The molecule has 0 heterocycles. The zero-order valence-corrected chi connectivity index (χ0v) is 9.91. The average Bonchev–Trinajstić information content (AvgIpc) is 1.80. The molecule has 0 amide bonds. The van der Waals surface area contributed by atoms with Crippen molar-refractivity contribution in [2.75, 3.05) is 19.6 Å². The van der Waals surface area contributed by atoms with E-state index >= 15 is 0 Å². The topological polar surface area (TPSA) is 121 Å². The number of aliphatic carboxylic acids is 3. The third-order valence-corrected chi connectivity index (χ3v) is 1.06. The summed E-state index contributed by atoms with van der Waals surface area (Å²) in [6, 6.07) is 0. The van der Waals surface area contributed by atoms with Gasteiger partial charge >= 0.3 is 29.9 Å². The van der Waals surface area contributed by atoms with E-state index in [9.17, 15) is 24.6 Å². The number of hydrogen-bond acceptors (Lipinski definition) is 6. The molecule has 0 aliphatic heterocycles. The number of nitrogens with zero attached hydrogens (tertiary/aromatic N) is 1. The number of hydrogen-bond donors (Lipinski definition) is 1. The van der Waals surface area contributed by atoms with E-state index in [1.807, 2.05) is 0 Å². The second kappa shape index (κ2) is 7.56. The van der Waals surface area contributed by atoms with Gasteiger partial charge in [0.25, 0.3) is 0 Å². The molecule has 14 heavy (non-hydrogen) atoms. The summed E-state index contributed by atoms with van der Waals surface area (Å²) in [5.41, 5.74) is 0. The van der Waals surface area contributed by atoms with Crippen LogP contribution in [0.5, 0.6) is 0 Å². The van der Waals surface area contributed by atoms with Crippen molar-refractivity contribution in [3.63, 3.8) is 0 Å². The molecule has 0 aliphatic carbocycles. The number of rotatable bonds is 6. The molecule has 1 N–H and O–H groups in total. The molecule has 0 unspecified atom stereocenters. The fraction of sp³-hybridized carbons (Fsp3) is 0.500. The van der Waals surface area contributed by atoms with Crippen molar-refractivity contribution in [3.05, 3.63) is 0 Å². The van der Waals surface area contributed by atoms with E-state index in [2.05, 4.69) is 0 Å². The Balaban J connectivity index is 0. The van der Waals surface area contributed by atoms with Crippen molar-refractivity contribution in [1.82, 2.24) is 4.90 Å². The molecular formula is C6H7NO6Sn. The van der Waals surface area contributed by atoms with E-state index in [4.69, 9.17) is 5.11 Å². The maximum atomic E-state index is 10.1. The van der Waals surface area contributed by atoms with Crippen molar-refractivity contribution in [2.24, 2.45) is 0 Å². The standard InChI is InChI=1S/C6H9NO6.Sn/c8-4(9)1-7(2-5(10)11)3-6(12)13;/h1-3H2,(H,8,9)(H,10,11)(H,12,13);/q;+2/p-2. The molecule has 0 aromatic carbocycles. The number of carboxylic acids is 3. The molecule has 0 fully saturated rings. The molecule has 0 spiro atoms. The summed E-state index contributed by atoms with van der Waals surface area (Å²) < 4.78 is 0. The van der Waals surface area contributed by atoms with Crippen LogP contribution in [0, 0.1) is 0 Å². The van der Waals surface area contributed by atoms with Crippen LogP contribution in [0.2, 0.25) is 0 Å². The first-order valence-electron chi connectivity index (χ1n) is 3.25. The molecule has 0 aromatic heterocycles. The third kappa shape index (κ3) is 9.26. The summed E-state index contributed by atoms with van der Waals surface area (Å²) in [7, 11) is 0. The van der Waals surface area contributed by atoms with E-state index in [1.165, 1.54) is 0 Å². The zero-order valence-electron chi connectivity index (χ0n) is 7.06. The fourth-order valence-electron chi connectivity index (χ4n) is 0.724. The number of carboxylic acid groups (broad SMARTS) is 3. The molecule has 0 atom stereocenters. The number of carbonyl (C=O) groups is 3. The molecule has 76 valence electrons. The first-order chi connectivity index (χ1) is 5.91. The molecular weight excluding hydrogens is 301 g/mol. The molecule has 0 aliphatic rings.